The van der Waals surface area contributed by atoms with Crippen LogP contribution in [0.25, 0.3) is 11.5 Å². The minimum absolute atomic E-state index is 0.0682. The second kappa shape index (κ2) is 8.92. The minimum Gasteiger partial charge on any atom is -0.394 e. The highest BCUT2D eigenvalue weighted by molar-refractivity contribution is 7.89. The van der Waals surface area contributed by atoms with E-state index in [0.717, 1.165) is 12.1 Å². The van der Waals surface area contributed by atoms with E-state index in [1.807, 2.05) is 6.92 Å². The first-order valence-electron chi connectivity index (χ1n) is 10.3. The van der Waals surface area contributed by atoms with Crippen molar-refractivity contribution >= 4 is 21.7 Å². The van der Waals surface area contributed by atoms with Gasteiger partial charge in [0.05, 0.1) is 23.1 Å². The van der Waals surface area contributed by atoms with E-state index in [-0.39, 0.29) is 29.7 Å². The highest BCUT2D eigenvalue weighted by Crippen LogP contribution is 2.32. The average molecular weight is 476 g/mol. The molecule has 3 heterocycles. The summed E-state index contributed by atoms with van der Waals surface area (Å²) < 4.78 is 42.8. The normalized spacial score (nSPS) is 15.9. The molecule has 0 radical (unpaired) electrons. The smallest absolute Gasteiger partial charge is 0.259 e. The van der Waals surface area contributed by atoms with Gasteiger partial charge in [-0.25, -0.2) is 22.5 Å². The number of carbonyl (C=O) groups is 1. The third kappa shape index (κ3) is 4.21. The molecule has 0 bridgehead atoms. The number of halogens is 1. The maximum absolute atomic E-state index is 14.7. The van der Waals surface area contributed by atoms with Crippen LogP contribution in [-0.4, -0.2) is 62.1 Å². The van der Waals surface area contributed by atoms with Crippen molar-refractivity contribution in [2.45, 2.75) is 37.8 Å². The average Bonchev–Trinajstić information content (AvgIpc) is 3.36. The molecule has 4 rings (SSSR count). The predicted octanol–water partition coefficient (Wildman–Crippen LogP) is 1.59. The Hall–Kier alpha value is -3.29. The number of tetrazole rings is 1. The van der Waals surface area contributed by atoms with Crippen LogP contribution in [0.15, 0.2) is 35.2 Å². The molecule has 0 saturated carbocycles. The van der Waals surface area contributed by atoms with Gasteiger partial charge in [0.15, 0.2) is 0 Å². The molecule has 33 heavy (non-hydrogen) atoms. The van der Waals surface area contributed by atoms with Gasteiger partial charge in [-0.1, -0.05) is 13.0 Å². The minimum atomic E-state index is -3.78. The Balaban J connectivity index is 1.62. The number of rotatable bonds is 7. The number of pyridine rings is 1. The molecule has 174 valence electrons. The molecule has 11 nitrogen and oxygen atoms in total. The number of nitrogens with zero attached hydrogens (tertiary/aromatic N) is 6. The van der Waals surface area contributed by atoms with Gasteiger partial charge in [-0.2, -0.15) is 4.31 Å². The van der Waals surface area contributed by atoms with Crippen molar-refractivity contribution in [1.82, 2.24) is 29.5 Å². The van der Waals surface area contributed by atoms with Crippen LogP contribution in [0.5, 0.6) is 0 Å². The summed E-state index contributed by atoms with van der Waals surface area (Å²) in [5.74, 6) is -1.29. The number of anilines is 1. The zero-order valence-electron chi connectivity index (χ0n) is 17.9. The quantitative estimate of drug-likeness (QED) is 0.524. The third-order valence-electron chi connectivity index (χ3n) is 5.23. The molecule has 0 fully saturated rings. The topological polar surface area (TPSA) is 143 Å². The summed E-state index contributed by atoms with van der Waals surface area (Å²) in [6, 6.07) is 6.48. The van der Waals surface area contributed by atoms with E-state index >= 15 is 0 Å². The van der Waals surface area contributed by atoms with Crippen LogP contribution in [0.2, 0.25) is 0 Å². The monoisotopic (exact) mass is 475 g/mol. The van der Waals surface area contributed by atoms with Crippen LogP contribution in [-0.2, 0) is 16.6 Å². The first-order valence-corrected chi connectivity index (χ1v) is 11.7. The number of aliphatic hydroxyl groups is 1. The van der Waals surface area contributed by atoms with Gasteiger partial charge in [0.2, 0.25) is 15.8 Å². The molecule has 1 aliphatic heterocycles. The lowest BCUT2D eigenvalue weighted by Crippen LogP contribution is -2.25. The molecular weight excluding hydrogens is 453 g/mol. The van der Waals surface area contributed by atoms with Crippen molar-refractivity contribution in [3.63, 3.8) is 0 Å². The molecule has 13 heteroatoms. The van der Waals surface area contributed by atoms with Crippen molar-refractivity contribution in [3.8, 4) is 11.5 Å². The van der Waals surface area contributed by atoms with E-state index < -0.39 is 33.4 Å². The fourth-order valence-corrected chi connectivity index (χ4v) is 5.28. The highest BCUT2D eigenvalue weighted by Gasteiger charge is 2.35. The Morgan fingerprint density at radius 2 is 2.12 bits per heavy atom. The summed E-state index contributed by atoms with van der Waals surface area (Å²) in [4.78, 5) is 17.0. The molecule has 1 aromatic carbocycles. The number of carbonyl (C=O) groups excluding carboxylic acids is 1. The summed E-state index contributed by atoms with van der Waals surface area (Å²) in [5.41, 5.74) is 0.245. The predicted molar refractivity (Wildman–Crippen MR) is 115 cm³/mol. The summed E-state index contributed by atoms with van der Waals surface area (Å²) in [5, 5.41) is 23.2. The molecule has 1 atom stereocenters. The molecule has 0 aliphatic carbocycles. The summed E-state index contributed by atoms with van der Waals surface area (Å²) in [6.07, 6.45) is 0.616. The first kappa shape index (κ1) is 22.9. The number of aliphatic hydroxyl groups excluding tert-OH is 1. The SMILES string of the molecule is CCCN1Cc2cc(F)c(C(=O)Nc3cccc(-c4nnnn4[C@H](C)CO)n3)cc2S1(=O)=O. The lowest BCUT2D eigenvalue weighted by Gasteiger charge is -2.12. The van der Waals surface area contributed by atoms with Crippen LogP contribution < -0.4 is 5.32 Å². The number of benzene rings is 1. The van der Waals surface area contributed by atoms with E-state index in [4.69, 9.17) is 0 Å². The number of sulfonamides is 1. The number of fused-ring (bicyclic) bond motifs is 1. The lowest BCUT2D eigenvalue weighted by atomic mass is 10.1. The van der Waals surface area contributed by atoms with E-state index in [0.29, 0.717) is 24.2 Å². The zero-order valence-corrected chi connectivity index (χ0v) is 18.8. The first-order chi connectivity index (χ1) is 15.8. The molecule has 1 aliphatic rings. The Bertz CT molecular complexity index is 1310. The van der Waals surface area contributed by atoms with Gasteiger partial charge in [-0.3, -0.25) is 4.79 Å². The van der Waals surface area contributed by atoms with E-state index in [2.05, 4.69) is 25.8 Å². The van der Waals surface area contributed by atoms with Crippen molar-refractivity contribution in [2.75, 3.05) is 18.5 Å². The van der Waals surface area contributed by atoms with Gasteiger partial charge in [0.1, 0.15) is 17.3 Å². The van der Waals surface area contributed by atoms with Gasteiger partial charge < -0.3 is 10.4 Å². The number of aromatic nitrogens is 5. The highest BCUT2D eigenvalue weighted by atomic mass is 32.2. The van der Waals surface area contributed by atoms with Crippen molar-refractivity contribution in [2.24, 2.45) is 0 Å². The Labute approximate surface area is 189 Å². The molecule has 1 amide bonds. The van der Waals surface area contributed by atoms with Gasteiger partial charge in [-0.15, -0.1) is 5.10 Å². The summed E-state index contributed by atoms with van der Waals surface area (Å²) in [6.45, 7) is 3.77. The summed E-state index contributed by atoms with van der Waals surface area (Å²) in [7, 11) is -3.78. The van der Waals surface area contributed by atoms with Crippen LogP contribution in [0, 0.1) is 5.82 Å². The van der Waals surface area contributed by atoms with Gasteiger partial charge >= 0.3 is 0 Å². The molecule has 2 aromatic heterocycles. The Morgan fingerprint density at radius 3 is 2.85 bits per heavy atom. The second-order valence-corrected chi connectivity index (χ2v) is 9.53. The van der Waals surface area contributed by atoms with E-state index in [9.17, 15) is 22.7 Å². The van der Waals surface area contributed by atoms with Crippen LogP contribution in [0.1, 0.15) is 42.2 Å². The fraction of sp³-hybridized carbons (Fsp3) is 0.350. The maximum atomic E-state index is 14.7. The number of hydrogen-bond acceptors (Lipinski definition) is 8. The molecule has 3 aromatic rings. The zero-order chi connectivity index (χ0) is 23.8. The van der Waals surface area contributed by atoms with Crippen LogP contribution >= 0.6 is 0 Å². The Morgan fingerprint density at radius 1 is 1.33 bits per heavy atom. The third-order valence-corrected chi connectivity index (χ3v) is 7.15. The maximum Gasteiger partial charge on any atom is 0.259 e. The van der Waals surface area contributed by atoms with E-state index in [1.54, 1.807) is 19.1 Å². The van der Waals surface area contributed by atoms with Gasteiger partial charge in [0, 0.05) is 13.1 Å². The Kier molecular flexibility index (Phi) is 6.19. The van der Waals surface area contributed by atoms with Crippen LogP contribution in [0.3, 0.4) is 0 Å². The van der Waals surface area contributed by atoms with Gasteiger partial charge in [0.25, 0.3) is 5.91 Å². The standard InChI is InChI=1S/C20H22FN7O4S/c1-3-7-27-10-13-8-15(21)14(9-17(13)33(27,31)32)20(30)23-18-6-4-5-16(22-18)19-24-25-26-28(19)12(2)11-29/h4-6,8-9,12,29H,3,7,10-11H2,1-2H3,(H,22,23,30)/t12-/m1/s1. The molecule has 2 N–H and O–H groups in total. The van der Waals surface area contributed by atoms with Gasteiger partial charge in [-0.05, 0) is 53.6 Å². The molecule has 0 unspecified atom stereocenters. The molecule has 0 spiro atoms. The summed E-state index contributed by atoms with van der Waals surface area (Å²) >= 11 is 0. The fourth-order valence-electron chi connectivity index (χ4n) is 3.54. The van der Waals surface area contributed by atoms with Crippen molar-refractivity contribution in [3.05, 3.63) is 47.3 Å². The largest absolute Gasteiger partial charge is 0.394 e. The number of nitrogens with one attached hydrogen (secondary N) is 1. The second-order valence-electron chi connectivity index (χ2n) is 7.62. The number of amides is 1. The molecular formula is C20H22FN7O4S. The van der Waals surface area contributed by atoms with Crippen molar-refractivity contribution in [1.29, 1.82) is 0 Å². The van der Waals surface area contributed by atoms with Crippen LogP contribution in [0.4, 0.5) is 10.2 Å². The lowest BCUT2D eigenvalue weighted by molar-refractivity contribution is 0.102. The molecule has 0 saturated heterocycles. The van der Waals surface area contributed by atoms with E-state index in [1.165, 1.54) is 15.1 Å². The van der Waals surface area contributed by atoms with Crippen molar-refractivity contribution < 1.29 is 22.7 Å². The number of hydrogen-bond donors (Lipinski definition) is 2.